The number of nitrogens with zero attached hydrogens (tertiary/aromatic N) is 4. The first kappa shape index (κ1) is 17.1. The highest BCUT2D eigenvalue weighted by Gasteiger charge is 2.30. The highest BCUT2D eigenvalue weighted by atomic mass is 32.1. The van der Waals surface area contributed by atoms with Gasteiger partial charge in [-0.2, -0.15) is 0 Å². The van der Waals surface area contributed by atoms with Crippen LogP contribution < -0.4 is 4.90 Å². The number of carbonyl (C=O) groups excluding carboxylic acids is 1. The summed E-state index contributed by atoms with van der Waals surface area (Å²) in [5.74, 6) is 5.55. The second-order valence-corrected chi connectivity index (χ2v) is 5.83. The molecule has 8 nitrogen and oxygen atoms in total. The number of rotatable bonds is 3. The Kier molecular flexibility index (Phi) is 5.41. The Bertz CT molecular complexity index is 651. The fourth-order valence-electron chi connectivity index (χ4n) is 2.21. The Morgan fingerprint density at radius 2 is 2.26 bits per heavy atom. The van der Waals surface area contributed by atoms with Gasteiger partial charge < -0.3 is 14.9 Å². The lowest BCUT2D eigenvalue weighted by atomic mass is 10.2. The predicted molar refractivity (Wildman–Crippen MR) is 85.4 cm³/mol. The maximum Gasteiger partial charge on any atom is 0.407 e. The third-order valence-electron chi connectivity index (χ3n) is 3.47. The molecular weight excluding hydrogens is 320 g/mol. The van der Waals surface area contributed by atoms with E-state index in [2.05, 4.69) is 16.8 Å². The fourth-order valence-corrected chi connectivity index (χ4v) is 3.17. The van der Waals surface area contributed by atoms with E-state index >= 15 is 0 Å². The van der Waals surface area contributed by atoms with Crippen LogP contribution in [0.4, 0.5) is 9.93 Å². The minimum atomic E-state index is -0.954. The number of aromatic nitrogens is 1. The third-order valence-corrected chi connectivity index (χ3v) is 4.49. The minimum absolute atomic E-state index is 0.279. The maximum atomic E-state index is 12.1. The molecule has 0 saturated carbocycles. The Morgan fingerprint density at radius 3 is 2.87 bits per heavy atom. The molecule has 1 aromatic heterocycles. The zero-order chi connectivity index (χ0) is 17.0. The van der Waals surface area contributed by atoms with E-state index in [0.717, 1.165) is 5.06 Å². The summed E-state index contributed by atoms with van der Waals surface area (Å²) in [6.07, 6.45) is 0.544. The molecule has 1 aliphatic heterocycles. The van der Waals surface area contributed by atoms with E-state index < -0.39 is 6.09 Å². The molecule has 1 fully saturated rings. The molecule has 1 N–H and O–H groups in total. The van der Waals surface area contributed by atoms with Gasteiger partial charge in [-0.1, -0.05) is 17.3 Å². The van der Waals surface area contributed by atoms with Crippen LogP contribution >= 0.6 is 11.3 Å². The molecule has 1 aliphatic rings. The van der Waals surface area contributed by atoms with Crippen LogP contribution in [-0.2, 0) is 4.84 Å². The zero-order valence-corrected chi connectivity index (χ0v) is 14.0. The highest BCUT2D eigenvalue weighted by molar-refractivity contribution is 7.17. The second-order valence-electron chi connectivity index (χ2n) is 4.82. The maximum absolute atomic E-state index is 12.1. The molecule has 0 spiro atoms. The van der Waals surface area contributed by atoms with Crippen LogP contribution in [-0.4, -0.2) is 71.9 Å². The molecule has 0 aromatic carbocycles. The Balaban J connectivity index is 2.19. The van der Waals surface area contributed by atoms with Gasteiger partial charge in [-0.25, -0.2) is 14.8 Å². The van der Waals surface area contributed by atoms with E-state index in [-0.39, 0.29) is 18.5 Å². The van der Waals surface area contributed by atoms with E-state index in [1.807, 2.05) is 4.90 Å². The number of carbonyl (C=O) groups is 2. The Labute approximate surface area is 138 Å². The highest BCUT2D eigenvalue weighted by Crippen LogP contribution is 2.27. The molecule has 0 aliphatic carbocycles. The van der Waals surface area contributed by atoms with Gasteiger partial charge in [0.05, 0.1) is 19.9 Å². The van der Waals surface area contributed by atoms with Crippen molar-refractivity contribution in [2.75, 3.05) is 38.7 Å². The summed E-state index contributed by atoms with van der Waals surface area (Å²) >= 11 is 1.24. The molecular formula is C14H18N4O4S. The Hall–Kier alpha value is -2.31. The van der Waals surface area contributed by atoms with Gasteiger partial charge in [0.2, 0.25) is 0 Å². The molecule has 1 atom stereocenters. The van der Waals surface area contributed by atoms with Gasteiger partial charge in [0.1, 0.15) is 10.9 Å². The fraction of sp³-hybridized carbons (Fsp3) is 0.500. The summed E-state index contributed by atoms with van der Waals surface area (Å²) < 4.78 is 0. The predicted octanol–water partition coefficient (Wildman–Crippen LogP) is 0.968. The first-order valence-electron chi connectivity index (χ1n) is 6.92. The number of anilines is 1. The number of hydrogen-bond donors (Lipinski definition) is 1. The quantitative estimate of drug-likeness (QED) is 0.653. The first-order chi connectivity index (χ1) is 11.0. The van der Waals surface area contributed by atoms with Gasteiger partial charge in [-0.3, -0.25) is 9.63 Å². The van der Waals surface area contributed by atoms with Crippen molar-refractivity contribution in [3.05, 3.63) is 11.1 Å². The number of amides is 2. The lowest BCUT2D eigenvalue weighted by Crippen LogP contribution is -2.54. The van der Waals surface area contributed by atoms with Crippen molar-refractivity contribution in [1.82, 2.24) is 14.9 Å². The van der Waals surface area contributed by atoms with Crippen molar-refractivity contribution in [3.8, 4) is 11.8 Å². The van der Waals surface area contributed by atoms with Crippen molar-refractivity contribution < 1.29 is 19.5 Å². The number of hydroxylamine groups is 2. The van der Waals surface area contributed by atoms with Crippen molar-refractivity contribution in [2.24, 2.45) is 0 Å². The zero-order valence-electron chi connectivity index (χ0n) is 13.1. The van der Waals surface area contributed by atoms with Crippen LogP contribution in [0.5, 0.6) is 0 Å². The average Bonchev–Trinajstić information content (AvgIpc) is 3.03. The van der Waals surface area contributed by atoms with Crippen LogP contribution in [0.1, 0.15) is 16.6 Å². The lowest BCUT2D eigenvalue weighted by Gasteiger charge is -2.37. The molecule has 1 saturated heterocycles. The van der Waals surface area contributed by atoms with E-state index in [9.17, 15) is 9.59 Å². The van der Waals surface area contributed by atoms with Gasteiger partial charge in [-0.15, -0.1) is 5.92 Å². The van der Waals surface area contributed by atoms with Crippen molar-refractivity contribution in [1.29, 1.82) is 0 Å². The summed E-state index contributed by atoms with van der Waals surface area (Å²) in [6, 6.07) is -0.279. The topological polar surface area (TPSA) is 86.2 Å². The van der Waals surface area contributed by atoms with Crippen LogP contribution in [0.25, 0.3) is 0 Å². The molecule has 124 valence electrons. The van der Waals surface area contributed by atoms with E-state index in [4.69, 9.17) is 9.94 Å². The number of piperazine rings is 1. The normalized spacial score (nSPS) is 17.4. The van der Waals surface area contributed by atoms with Gasteiger partial charge >= 0.3 is 6.09 Å². The van der Waals surface area contributed by atoms with Gasteiger partial charge in [0, 0.05) is 20.1 Å². The molecule has 1 aromatic rings. The van der Waals surface area contributed by atoms with E-state index in [1.54, 1.807) is 6.92 Å². The molecule has 2 heterocycles. The molecule has 9 heteroatoms. The van der Waals surface area contributed by atoms with E-state index in [1.165, 1.54) is 36.6 Å². The van der Waals surface area contributed by atoms with Crippen LogP contribution in [0.15, 0.2) is 6.20 Å². The summed E-state index contributed by atoms with van der Waals surface area (Å²) in [4.78, 5) is 36.1. The molecule has 2 rings (SSSR count). The number of thiazole rings is 1. The summed E-state index contributed by atoms with van der Waals surface area (Å²) in [5.41, 5.74) is 0. The van der Waals surface area contributed by atoms with Crippen molar-refractivity contribution in [2.45, 2.75) is 13.0 Å². The van der Waals surface area contributed by atoms with Gasteiger partial charge in [-0.05, 0) is 6.92 Å². The standard InChI is InChI=1S/C14H18N4O4S/c1-4-5-10-9-17(14(20)21)6-7-18(10)13-15-8-11(23-13)12(19)16(2)22-3/h8,10H,6-7,9H2,1-3H3,(H,20,21)/t10-/m0/s1. The summed E-state index contributed by atoms with van der Waals surface area (Å²) in [6.45, 7) is 2.85. The van der Waals surface area contributed by atoms with Crippen LogP contribution in [0.2, 0.25) is 0 Å². The molecule has 23 heavy (non-hydrogen) atoms. The number of hydrogen-bond acceptors (Lipinski definition) is 6. The monoisotopic (exact) mass is 338 g/mol. The summed E-state index contributed by atoms with van der Waals surface area (Å²) in [7, 11) is 2.94. The van der Waals surface area contributed by atoms with Crippen molar-refractivity contribution in [3.63, 3.8) is 0 Å². The minimum Gasteiger partial charge on any atom is -0.465 e. The van der Waals surface area contributed by atoms with E-state index in [0.29, 0.717) is 23.1 Å². The van der Waals surface area contributed by atoms with Gasteiger partial charge in [0.15, 0.2) is 5.13 Å². The average molecular weight is 338 g/mol. The summed E-state index contributed by atoms with van der Waals surface area (Å²) in [5, 5.41) is 10.9. The molecule has 0 unspecified atom stereocenters. The van der Waals surface area contributed by atoms with Crippen molar-refractivity contribution >= 4 is 28.5 Å². The SMILES string of the molecule is CC#C[C@H]1CN(C(=O)O)CCN1c1ncc(C(=O)N(C)OC)s1. The Morgan fingerprint density at radius 1 is 1.52 bits per heavy atom. The number of carboxylic acid groups (broad SMARTS) is 1. The first-order valence-corrected chi connectivity index (χ1v) is 7.74. The second kappa shape index (κ2) is 7.30. The molecule has 2 amide bonds. The van der Waals surface area contributed by atoms with Crippen LogP contribution in [0, 0.1) is 11.8 Å². The third kappa shape index (κ3) is 3.72. The van der Waals surface area contributed by atoms with Crippen LogP contribution in [0.3, 0.4) is 0 Å². The largest absolute Gasteiger partial charge is 0.465 e. The smallest absolute Gasteiger partial charge is 0.407 e. The molecule has 0 bridgehead atoms. The van der Waals surface area contributed by atoms with Gasteiger partial charge in [0.25, 0.3) is 5.91 Å². The molecule has 0 radical (unpaired) electrons. The lowest BCUT2D eigenvalue weighted by molar-refractivity contribution is -0.0754.